The molecule has 5 heteroatoms. The van der Waals surface area contributed by atoms with Crippen molar-refractivity contribution in [1.82, 2.24) is 10.6 Å². The highest BCUT2D eigenvalue weighted by molar-refractivity contribution is 7.12. The Balaban J connectivity index is 2.21. The van der Waals surface area contributed by atoms with Crippen LogP contribution >= 0.6 is 11.3 Å². The van der Waals surface area contributed by atoms with E-state index in [1.165, 1.54) is 15.3 Å². The highest BCUT2D eigenvalue weighted by atomic mass is 32.1. The van der Waals surface area contributed by atoms with Gasteiger partial charge in [0.05, 0.1) is 0 Å². The van der Waals surface area contributed by atoms with Gasteiger partial charge in [-0.25, -0.2) is 0 Å². The largest absolute Gasteiger partial charge is 0.400 e. The summed E-state index contributed by atoms with van der Waals surface area (Å²) in [5.41, 5.74) is 8.34. The van der Waals surface area contributed by atoms with Crippen LogP contribution in [0.15, 0.2) is 18.0 Å². The van der Waals surface area contributed by atoms with E-state index in [9.17, 15) is 5.11 Å². The normalized spacial score (nSPS) is 26.9. The fourth-order valence-corrected chi connectivity index (χ4v) is 4.45. The Morgan fingerprint density at radius 1 is 1.57 bits per heavy atom. The monoisotopic (exact) mass is 309 g/mol. The molecule has 1 aliphatic rings. The molecule has 0 amide bonds. The van der Waals surface area contributed by atoms with Gasteiger partial charge < -0.3 is 21.5 Å². The molecule has 21 heavy (non-hydrogen) atoms. The molecule has 2 heterocycles. The third-order valence-corrected chi connectivity index (χ3v) is 5.33. The number of nitrogens with one attached hydrogen (secondary N) is 2. The average molecular weight is 309 g/mol. The van der Waals surface area contributed by atoms with Gasteiger partial charge in [-0.2, -0.15) is 0 Å². The molecule has 2 rings (SSSR count). The molecule has 1 aromatic rings. The van der Waals surface area contributed by atoms with Gasteiger partial charge in [-0.3, -0.25) is 0 Å². The van der Waals surface area contributed by atoms with Crippen LogP contribution in [0.5, 0.6) is 0 Å². The first-order valence-corrected chi connectivity index (χ1v) is 8.45. The molecule has 0 aromatic carbocycles. The zero-order valence-electron chi connectivity index (χ0n) is 13.1. The van der Waals surface area contributed by atoms with Crippen molar-refractivity contribution in [2.24, 2.45) is 5.73 Å². The number of nitrogens with two attached hydrogens (primary N) is 1. The maximum absolute atomic E-state index is 9.27. The van der Waals surface area contributed by atoms with Crippen LogP contribution < -0.4 is 16.4 Å². The maximum Gasteiger partial charge on any atom is 0.0490 e. The van der Waals surface area contributed by atoms with E-state index in [2.05, 4.69) is 30.5 Å². The van der Waals surface area contributed by atoms with E-state index < -0.39 is 0 Å². The summed E-state index contributed by atoms with van der Waals surface area (Å²) in [6.45, 7) is 4.58. The van der Waals surface area contributed by atoms with E-state index in [0.717, 1.165) is 25.0 Å². The standard InChI is InChI=1S/C16H27N3OS/c1-10-6-13(8-15(19-10)14(17)9-18-3)16-12(4-5-20)7-11(2)21-16/h7,9-10,13,15,18-20H,4-6,8,17H2,1-3H3/b14-9-. The molecule has 0 radical (unpaired) electrons. The molecule has 1 aromatic heterocycles. The fourth-order valence-electron chi connectivity index (χ4n) is 3.25. The summed E-state index contributed by atoms with van der Waals surface area (Å²) < 4.78 is 0. The molecule has 0 aliphatic carbocycles. The van der Waals surface area contributed by atoms with Crippen molar-refractivity contribution in [3.8, 4) is 0 Å². The third kappa shape index (κ3) is 3.99. The number of aliphatic hydroxyl groups excluding tert-OH is 1. The smallest absolute Gasteiger partial charge is 0.0490 e. The first-order valence-electron chi connectivity index (χ1n) is 7.64. The number of aliphatic hydroxyl groups is 1. The van der Waals surface area contributed by atoms with E-state index in [1.54, 1.807) is 0 Å². The van der Waals surface area contributed by atoms with Gasteiger partial charge in [0, 0.05) is 47.4 Å². The number of hydrogen-bond donors (Lipinski definition) is 4. The summed E-state index contributed by atoms with van der Waals surface area (Å²) in [4.78, 5) is 2.77. The molecular formula is C16H27N3OS. The lowest BCUT2D eigenvalue weighted by atomic mass is 9.84. The van der Waals surface area contributed by atoms with Crippen molar-refractivity contribution in [1.29, 1.82) is 0 Å². The van der Waals surface area contributed by atoms with Crippen LogP contribution in [-0.2, 0) is 6.42 Å². The van der Waals surface area contributed by atoms with Gasteiger partial charge in [0.1, 0.15) is 0 Å². The van der Waals surface area contributed by atoms with Crippen LogP contribution in [0, 0.1) is 6.92 Å². The Morgan fingerprint density at radius 3 is 3.00 bits per heavy atom. The van der Waals surface area contributed by atoms with Crippen molar-refractivity contribution in [3.63, 3.8) is 0 Å². The number of hydrogen-bond acceptors (Lipinski definition) is 5. The number of piperidine rings is 1. The molecule has 3 unspecified atom stereocenters. The zero-order valence-corrected chi connectivity index (χ0v) is 14.0. The lowest BCUT2D eigenvalue weighted by Crippen LogP contribution is -2.46. The molecule has 0 bridgehead atoms. The van der Waals surface area contributed by atoms with E-state index >= 15 is 0 Å². The van der Waals surface area contributed by atoms with Crippen molar-refractivity contribution in [2.45, 2.75) is 51.1 Å². The molecule has 0 saturated carbocycles. The Bertz CT molecular complexity index is 498. The molecule has 3 atom stereocenters. The minimum atomic E-state index is 0.217. The summed E-state index contributed by atoms with van der Waals surface area (Å²) in [6.07, 6.45) is 4.78. The van der Waals surface area contributed by atoms with Crippen LogP contribution in [0.1, 0.15) is 41.0 Å². The van der Waals surface area contributed by atoms with Crippen LogP contribution in [0.25, 0.3) is 0 Å². The summed E-state index contributed by atoms with van der Waals surface area (Å²) in [5.74, 6) is 0.523. The predicted molar refractivity (Wildman–Crippen MR) is 89.5 cm³/mol. The van der Waals surface area contributed by atoms with Crippen LogP contribution in [0.4, 0.5) is 0 Å². The molecule has 4 nitrogen and oxygen atoms in total. The second kappa shape index (κ2) is 7.29. The number of rotatable bonds is 5. The van der Waals surface area contributed by atoms with Crippen LogP contribution in [-0.4, -0.2) is 30.8 Å². The van der Waals surface area contributed by atoms with Gasteiger partial charge in [0.2, 0.25) is 0 Å². The highest BCUT2D eigenvalue weighted by Crippen LogP contribution is 2.38. The molecule has 1 aliphatic heterocycles. The topological polar surface area (TPSA) is 70.3 Å². The minimum absolute atomic E-state index is 0.217. The Hall–Kier alpha value is -1.04. The quantitative estimate of drug-likeness (QED) is 0.670. The Morgan fingerprint density at radius 2 is 2.33 bits per heavy atom. The molecule has 5 N–H and O–H groups in total. The Labute approximate surface area is 131 Å². The first kappa shape index (κ1) is 16.3. The van der Waals surface area contributed by atoms with Crippen LogP contribution in [0.3, 0.4) is 0 Å². The van der Waals surface area contributed by atoms with Crippen LogP contribution in [0.2, 0.25) is 0 Å². The van der Waals surface area contributed by atoms with Crippen molar-refractivity contribution >= 4 is 11.3 Å². The van der Waals surface area contributed by atoms with Gasteiger partial charge in [-0.05, 0) is 50.7 Å². The second-order valence-corrected chi connectivity index (χ2v) is 7.23. The maximum atomic E-state index is 9.27. The highest BCUT2D eigenvalue weighted by Gasteiger charge is 2.30. The van der Waals surface area contributed by atoms with E-state index in [-0.39, 0.29) is 12.6 Å². The number of thiophene rings is 1. The molecule has 1 fully saturated rings. The molecular weight excluding hydrogens is 282 g/mol. The van der Waals surface area contributed by atoms with Gasteiger partial charge in [-0.1, -0.05) is 0 Å². The van der Waals surface area contributed by atoms with Crippen molar-refractivity contribution in [3.05, 3.63) is 33.3 Å². The van der Waals surface area contributed by atoms with E-state index in [1.807, 2.05) is 24.6 Å². The summed E-state index contributed by atoms with van der Waals surface area (Å²) in [6, 6.07) is 2.89. The third-order valence-electron chi connectivity index (χ3n) is 4.07. The average Bonchev–Trinajstić information content (AvgIpc) is 2.80. The Kier molecular flexibility index (Phi) is 5.67. The SMILES string of the molecule is CN/C=C(\N)C1CC(c2sc(C)cc2CCO)CC(C)N1. The zero-order chi connectivity index (χ0) is 15.4. The molecule has 1 saturated heterocycles. The summed E-state index contributed by atoms with van der Waals surface area (Å²) in [5, 5.41) is 15.9. The lowest BCUT2D eigenvalue weighted by molar-refractivity contribution is 0.297. The van der Waals surface area contributed by atoms with Gasteiger partial charge in [0.15, 0.2) is 0 Å². The lowest BCUT2D eigenvalue weighted by Gasteiger charge is -2.35. The van der Waals surface area contributed by atoms with Gasteiger partial charge in [0.25, 0.3) is 0 Å². The van der Waals surface area contributed by atoms with Gasteiger partial charge >= 0.3 is 0 Å². The minimum Gasteiger partial charge on any atom is -0.400 e. The molecule has 0 spiro atoms. The molecule has 118 valence electrons. The fraction of sp³-hybridized carbons (Fsp3) is 0.625. The first-order chi connectivity index (χ1) is 10.0. The van der Waals surface area contributed by atoms with Crippen molar-refractivity contribution in [2.75, 3.05) is 13.7 Å². The predicted octanol–water partition coefficient (Wildman–Crippen LogP) is 1.83. The van der Waals surface area contributed by atoms with Crippen molar-refractivity contribution < 1.29 is 5.11 Å². The van der Waals surface area contributed by atoms with E-state index in [4.69, 9.17) is 5.73 Å². The second-order valence-electron chi connectivity index (χ2n) is 5.94. The van der Waals surface area contributed by atoms with Gasteiger partial charge in [-0.15, -0.1) is 11.3 Å². The number of aryl methyl sites for hydroxylation is 1. The summed E-state index contributed by atoms with van der Waals surface area (Å²) >= 11 is 1.88. The van der Waals surface area contributed by atoms with E-state index in [0.29, 0.717) is 12.0 Å². The summed E-state index contributed by atoms with van der Waals surface area (Å²) in [7, 11) is 1.87.